The molecule has 4 N–H and O–H groups in total. The maximum atomic E-state index is 11.2. The number of aromatic nitrogens is 3. The van der Waals surface area contributed by atoms with E-state index in [0.717, 1.165) is 5.56 Å². The Morgan fingerprint density at radius 3 is 3.05 bits per heavy atom. The van der Waals surface area contributed by atoms with Crippen molar-refractivity contribution in [2.24, 2.45) is 0 Å². The van der Waals surface area contributed by atoms with Crippen molar-refractivity contribution in [1.29, 1.82) is 0 Å². The van der Waals surface area contributed by atoms with Crippen LogP contribution in [0.15, 0.2) is 29.7 Å². The molecule has 0 saturated carbocycles. The highest BCUT2D eigenvalue weighted by Crippen LogP contribution is 2.35. The lowest BCUT2D eigenvalue weighted by atomic mass is 9.77. The molecule has 8 nitrogen and oxygen atoms in total. The maximum Gasteiger partial charge on any atom is 0.537 e. The molecule has 0 unspecified atom stereocenters. The van der Waals surface area contributed by atoms with Crippen molar-refractivity contribution in [3.63, 3.8) is 0 Å². The van der Waals surface area contributed by atoms with Crippen LogP contribution in [0.25, 0.3) is 0 Å². The molecular formula is C11H11BN4O4S. The van der Waals surface area contributed by atoms with Crippen molar-refractivity contribution in [1.82, 2.24) is 14.9 Å². The molecule has 0 saturated heterocycles. The lowest BCUT2D eigenvalue weighted by Crippen LogP contribution is -2.41. The molecule has 2 aromatic rings. The van der Waals surface area contributed by atoms with Crippen LogP contribution >= 0.6 is 11.8 Å². The summed E-state index contributed by atoms with van der Waals surface area (Å²) in [5, 5.41) is 26.8. The Morgan fingerprint density at radius 2 is 2.38 bits per heavy atom. The monoisotopic (exact) mass is 306 g/mol. The van der Waals surface area contributed by atoms with Gasteiger partial charge in [0.25, 0.3) is 0 Å². The van der Waals surface area contributed by atoms with Gasteiger partial charge in [0.1, 0.15) is 12.1 Å². The second-order valence-electron chi connectivity index (χ2n) is 4.49. The number of aromatic carboxylic acids is 1. The van der Waals surface area contributed by atoms with Crippen LogP contribution in [-0.4, -0.2) is 43.2 Å². The number of nitrogens with two attached hydrogens (primary N) is 1. The summed E-state index contributed by atoms with van der Waals surface area (Å²) in [6.07, 6.45) is 1.80. The summed E-state index contributed by atoms with van der Waals surface area (Å²) in [5.41, 5.74) is 0.762. The van der Waals surface area contributed by atoms with Gasteiger partial charge in [0, 0.05) is 0 Å². The second kappa shape index (κ2) is 5.30. The summed E-state index contributed by atoms with van der Waals surface area (Å²) in [6, 6.07) is 4.86. The van der Waals surface area contributed by atoms with Crippen molar-refractivity contribution in [3.05, 3.63) is 35.7 Å². The number of thioether (sulfide) groups is 1. The number of para-hydroxylation sites is 1. The number of benzene rings is 1. The molecular weight excluding hydrogens is 295 g/mol. The highest BCUT2D eigenvalue weighted by Gasteiger charge is 2.38. The normalized spacial score (nSPS) is 17.2. The predicted octanol–water partition coefficient (Wildman–Crippen LogP) is -0.194. The minimum Gasteiger partial charge on any atom is -0.535 e. The molecule has 0 radical (unpaired) electrons. The number of fused-ring (bicyclic) bond motifs is 1. The molecule has 1 aromatic heterocycles. The fourth-order valence-electron chi connectivity index (χ4n) is 2.12. The van der Waals surface area contributed by atoms with Gasteiger partial charge in [0.15, 0.2) is 0 Å². The van der Waals surface area contributed by atoms with Crippen LogP contribution in [0.2, 0.25) is 0 Å². The quantitative estimate of drug-likeness (QED) is 0.526. The van der Waals surface area contributed by atoms with Gasteiger partial charge in [-0.05, 0) is 18.1 Å². The third-order valence-corrected chi connectivity index (χ3v) is 4.31. The number of hydrogen-bond donors (Lipinski definition) is 3. The fraction of sp³-hybridized carbons (Fsp3) is 0.182. The second-order valence-corrected chi connectivity index (χ2v) is 5.69. The summed E-state index contributed by atoms with van der Waals surface area (Å²) in [5.74, 6) is 4.75. The smallest absolute Gasteiger partial charge is 0.535 e. The van der Waals surface area contributed by atoms with Crippen molar-refractivity contribution in [2.45, 2.75) is 16.7 Å². The Hall–Kier alpha value is -2.20. The summed E-state index contributed by atoms with van der Waals surface area (Å²) < 4.78 is 6.63. The molecule has 0 spiro atoms. The van der Waals surface area contributed by atoms with Crippen LogP contribution in [0.1, 0.15) is 15.9 Å². The minimum atomic E-state index is -1.15. The zero-order valence-corrected chi connectivity index (χ0v) is 11.5. The first kappa shape index (κ1) is 13.8. The summed E-state index contributed by atoms with van der Waals surface area (Å²) in [6.45, 7) is 0. The van der Waals surface area contributed by atoms with E-state index < -0.39 is 13.1 Å². The molecule has 3 rings (SSSR count). The standard InChI is InChI=1S/C11H11BN4O4S/c13-16-5-14-15-11(16)21-8-4-6-2-1-3-7(10(17)18)9(6)20-12(8)19/h1-3,5,8,19H,4,13H2,(H,17,18)/t8-/m0/s1. The van der Waals surface area contributed by atoms with Gasteiger partial charge in [-0.15, -0.1) is 10.2 Å². The first-order valence-electron chi connectivity index (χ1n) is 6.08. The van der Waals surface area contributed by atoms with E-state index in [4.69, 9.17) is 15.6 Å². The summed E-state index contributed by atoms with van der Waals surface area (Å²) in [7, 11) is -1.15. The maximum absolute atomic E-state index is 11.2. The van der Waals surface area contributed by atoms with Gasteiger partial charge in [0.2, 0.25) is 5.16 Å². The van der Waals surface area contributed by atoms with Crippen molar-refractivity contribution in [3.8, 4) is 5.75 Å². The largest absolute Gasteiger partial charge is 0.537 e. The van der Waals surface area contributed by atoms with Gasteiger partial charge in [0.05, 0.1) is 10.7 Å². The number of hydrogen-bond acceptors (Lipinski definition) is 7. The average Bonchev–Trinajstić information content (AvgIpc) is 2.84. The van der Waals surface area contributed by atoms with Crippen LogP contribution in [0.5, 0.6) is 5.75 Å². The number of carbonyl (C=O) groups is 1. The van der Waals surface area contributed by atoms with Crippen LogP contribution in [0.4, 0.5) is 0 Å². The van der Waals surface area contributed by atoms with E-state index in [1.807, 2.05) is 0 Å². The van der Waals surface area contributed by atoms with E-state index in [2.05, 4.69) is 10.2 Å². The van der Waals surface area contributed by atoms with E-state index in [1.54, 1.807) is 12.1 Å². The Kier molecular flexibility index (Phi) is 3.48. The van der Waals surface area contributed by atoms with Gasteiger partial charge in [-0.25, -0.2) is 9.47 Å². The number of carboxylic acid groups (broad SMARTS) is 1. The minimum absolute atomic E-state index is 0.0389. The van der Waals surface area contributed by atoms with Gasteiger partial charge in [-0.3, -0.25) is 0 Å². The molecule has 1 aliphatic rings. The van der Waals surface area contributed by atoms with E-state index in [0.29, 0.717) is 11.6 Å². The van der Waals surface area contributed by atoms with Crippen LogP contribution in [0, 0.1) is 0 Å². The topological polar surface area (TPSA) is 123 Å². The van der Waals surface area contributed by atoms with Gasteiger partial charge >= 0.3 is 13.1 Å². The van der Waals surface area contributed by atoms with E-state index in [9.17, 15) is 9.82 Å². The van der Waals surface area contributed by atoms with Crippen molar-refractivity contribution in [2.75, 3.05) is 5.84 Å². The zero-order valence-electron chi connectivity index (χ0n) is 10.7. The molecule has 108 valence electrons. The molecule has 0 fully saturated rings. The SMILES string of the molecule is Nn1cnnc1S[C@H]1Cc2cccc(C(=O)O)c2OB1O. The van der Waals surface area contributed by atoms with Crippen molar-refractivity contribution >= 4 is 24.8 Å². The Morgan fingerprint density at radius 1 is 1.57 bits per heavy atom. The predicted molar refractivity (Wildman–Crippen MR) is 75.5 cm³/mol. The average molecular weight is 306 g/mol. The van der Waals surface area contributed by atoms with Gasteiger partial charge in [-0.1, -0.05) is 23.9 Å². The third kappa shape index (κ3) is 2.54. The van der Waals surface area contributed by atoms with E-state index >= 15 is 0 Å². The Labute approximate surface area is 124 Å². The van der Waals surface area contributed by atoms with E-state index in [1.165, 1.54) is 28.8 Å². The molecule has 0 aliphatic carbocycles. The van der Waals surface area contributed by atoms with Gasteiger partial charge in [-0.2, -0.15) is 0 Å². The highest BCUT2D eigenvalue weighted by atomic mass is 32.2. The molecule has 21 heavy (non-hydrogen) atoms. The third-order valence-electron chi connectivity index (χ3n) is 3.10. The first-order chi connectivity index (χ1) is 10.1. The molecule has 1 atom stereocenters. The zero-order chi connectivity index (χ0) is 15.0. The molecule has 1 aliphatic heterocycles. The molecule has 2 heterocycles. The van der Waals surface area contributed by atoms with Crippen LogP contribution in [-0.2, 0) is 6.42 Å². The molecule has 0 bridgehead atoms. The summed E-state index contributed by atoms with van der Waals surface area (Å²) in [4.78, 5) is 11.2. The highest BCUT2D eigenvalue weighted by molar-refractivity contribution is 8.01. The molecule has 1 aromatic carbocycles. The Bertz CT molecular complexity index is 695. The number of nitrogens with zero attached hydrogens (tertiary/aromatic N) is 3. The number of carboxylic acids is 1. The molecule has 10 heteroatoms. The summed E-state index contributed by atoms with van der Waals surface area (Å²) >= 11 is 1.23. The van der Waals surface area contributed by atoms with Crippen molar-refractivity contribution < 1.29 is 19.6 Å². The van der Waals surface area contributed by atoms with Crippen LogP contribution < -0.4 is 10.5 Å². The lowest BCUT2D eigenvalue weighted by molar-refractivity contribution is 0.0694. The lowest BCUT2D eigenvalue weighted by Gasteiger charge is -2.27. The van der Waals surface area contributed by atoms with Crippen LogP contribution in [0.3, 0.4) is 0 Å². The Balaban J connectivity index is 1.87. The fourth-order valence-corrected chi connectivity index (χ4v) is 3.09. The number of rotatable bonds is 3. The van der Waals surface area contributed by atoms with E-state index in [-0.39, 0.29) is 16.5 Å². The molecule has 0 amide bonds. The van der Waals surface area contributed by atoms with Gasteiger partial charge < -0.3 is 20.6 Å². The number of nitrogen functional groups attached to an aromatic ring is 1. The first-order valence-corrected chi connectivity index (χ1v) is 6.96.